The summed E-state index contributed by atoms with van der Waals surface area (Å²) in [7, 11) is 0. The Balaban J connectivity index is 1.56. The SMILES string of the molecule is O=C1Nc2cc(C(=O)N3CCCCC3)ccc2OC1=Cc1ccc(Cl)cc1. The van der Waals surface area contributed by atoms with Gasteiger partial charge in [0, 0.05) is 23.7 Å². The molecule has 2 heterocycles. The maximum absolute atomic E-state index is 12.7. The van der Waals surface area contributed by atoms with Gasteiger partial charge in [0.05, 0.1) is 5.69 Å². The van der Waals surface area contributed by atoms with Gasteiger partial charge < -0.3 is 15.0 Å². The van der Waals surface area contributed by atoms with E-state index in [-0.39, 0.29) is 17.6 Å². The lowest BCUT2D eigenvalue weighted by molar-refractivity contribution is -0.115. The molecule has 1 fully saturated rings. The molecule has 1 N–H and O–H groups in total. The van der Waals surface area contributed by atoms with E-state index in [9.17, 15) is 9.59 Å². The third-order valence-corrected chi connectivity index (χ3v) is 4.98. The molecule has 2 aromatic carbocycles. The first-order valence-corrected chi connectivity index (χ1v) is 9.38. The van der Waals surface area contributed by atoms with Gasteiger partial charge in [-0.2, -0.15) is 0 Å². The largest absolute Gasteiger partial charge is 0.449 e. The first kappa shape index (κ1) is 17.6. The highest BCUT2D eigenvalue weighted by molar-refractivity contribution is 6.30. The zero-order valence-corrected chi connectivity index (χ0v) is 15.5. The Morgan fingerprint density at radius 3 is 2.56 bits per heavy atom. The Hall–Kier alpha value is -2.79. The number of piperidine rings is 1. The number of halogens is 1. The second kappa shape index (κ2) is 7.45. The molecule has 27 heavy (non-hydrogen) atoms. The lowest BCUT2D eigenvalue weighted by atomic mass is 10.1. The van der Waals surface area contributed by atoms with Crippen LogP contribution in [0.2, 0.25) is 5.02 Å². The van der Waals surface area contributed by atoms with Crippen LogP contribution in [-0.4, -0.2) is 29.8 Å². The third-order valence-electron chi connectivity index (χ3n) is 4.73. The Morgan fingerprint density at radius 1 is 1.07 bits per heavy atom. The van der Waals surface area contributed by atoms with Crippen LogP contribution in [0.25, 0.3) is 6.08 Å². The molecular weight excluding hydrogens is 364 g/mol. The van der Waals surface area contributed by atoms with Crippen molar-refractivity contribution < 1.29 is 14.3 Å². The summed E-state index contributed by atoms with van der Waals surface area (Å²) >= 11 is 5.88. The molecule has 2 aliphatic heterocycles. The number of amides is 2. The van der Waals surface area contributed by atoms with E-state index in [1.807, 2.05) is 17.0 Å². The van der Waals surface area contributed by atoms with E-state index < -0.39 is 0 Å². The van der Waals surface area contributed by atoms with Gasteiger partial charge >= 0.3 is 0 Å². The van der Waals surface area contributed by atoms with Gasteiger partial charge in [-0.05, 0) is 61.2 Å². The average Bonchev–Trinajstić information content (AvgIpc) is 2.70. The Labute approximate surface area is 162 Å². The summed E-state index contributed by atoms with van der Waals surface area (Å²) in [4.78, 5) is 26.9. The summed E-state index contributed by atoms with van der Waals surface area (Å²) in [6.45, 7) is 1.57. The fourth-order valence-electron chi connectivity index (χ4n) is 3.28. The molecule has 0 spiro atoms. The molecule has 138 valence electrons. The standard InChI is InChI=1S/C21H19ClN2O3/c22-16-7-4-14(5-8-16)12-19-20(25)23-17-13-15(6-9-18(17)27-19)21(26)24-10-2-1-3-11-24/h4-9,12-13H,1-3,10-11H2,(H,23,25). The minimum Gasteiger partial charge on any atom is -0.449 e. The average molecular weight is 383 g/mol. The molecule has 4 rings (SSSR count). The Kier molecular flexibility index (Phi) is 4.86. The monoisotopic (exact) mass is 382 g/mol. The fraction of sp³-hybridized carbons (Fsp3) is 0.238. The summed E-state index contributed by atoms with van der Waals surface area (Å²) in [6, 6.07) is 12.3. The van der Waals surface area contributed by atoms with E-state index in [2.05, 4.69) is 5.32 Å². The van der Waals surface area contributed by atoms with Crippen molar-refractivity contribution in [2.24, 2.45) is 0 Å². The van der Waals surface area contributed by atoms with E-state index in [0.29, 0.717) is 22.0 Å². The van der Waals surface area contributed by atoms with Crippen LogP contribution >= 0.6 is 11.6 Å². The predicted molar refractivity (Wildman–Crippen MR) is 105 cm³/mol. The number of hydrogen-bond acceptors (Lipinski definition) is 3. The number of hydrogen-bond donors (Lipinski definition) is 1. The molecule has 0 unspecified atom stereocenters. The molecule has 6 heteroatoms. The van der Waals surface area contributed by atoms with Crippen molar-refractivity contribution in [2.75, 3.05) is 18.4 Å². The number of anilines is 1. The van der Waals surface area contributed by atoms with Crippen LogP contribution in [0.4, 0.5) is 5.69 Å². The quantitative estimate of drug-likeness (QED) is 0.786. The molecule has 2 aliphatic rings. The molecule has 5 nitrogen and oxygen atoms in total. The molecular formula is C21H19ClN2O3. The molecule has 0 bridgehead atoms. The molecule has 2 amide bonds. The van der Waals surface area contributed by atoms with Gasteiger partial charge in [0.1, 0.15) is 0 Å². The van der Waals surface area contributed by atoms with Crippen molar-refractivity contribution in [1.29, 1.82) is 0 Å². The molecule has 0 radical (unpaired) electrons. The van der Waals surface area contributed by atoms with Crippen molar-refractivity contribution in [3.05, 3.63) is 64.4 Å². The van der Waals surface area contributed by atoms with E-state index in [4.69, 9.17) is 16.3 Å². The summed E-state index contributed by atoms with van der Waals surface area (Å²) in [5.74, 6) is 0.360. The maximum Gasteiger partial charge on any atom is 0.291 e. The van der Waals surface area contributed by atoms with Crippen LogP contribution < -0.4 is 10.1 Å². The van der Waals surface area contributed by atoms with Crippen LogP contribution in [0.3, 0.4) is 0 Å². The van der Waals surface area contributed by atoms with Crippen molar-refractivity contribution in [3.63, 3.8) is 0 Å². The molecule has 1 saturated heterocycles. The minimum atomic E-state index is -0.347. The summed E-state index contributed by atoms with van der Waals surface area (Å²) in [5.41, 5.74) is 1.88. The summed E-state index contributed by atoms with van der Waals surface area (Å²) in [6.07, 6.45) is 4.90. The smallest absolute Gasteiger partial charge is 0.291 e. The van der Waals surface area contributed by atoms with Gasteiger partial charge in [-0.25, -0.2) is 0 Å². The zero-order valence-electron chi connectivity index (χ0n) is 14.7. The minimum absolute atomic E-state index is 0.00532. The van der Waals surface area contributed by atoms with Crippen LogP contribution in [-0.2, 0) is 4.79 Å². The van der Waals surface area contributed by atoms with E-state index in [1.165, 1.54) is 6.42 Å². The fourth-order valence-corrected chi connectivity index (χ4v) is 3.41. The van der Waals surface area contributed by atoms with E-state index >= 15 is 0 Å². The number of rotatable bonds is 2. The van der Waals surface area contributed by atoms with Crippen LogP contribution in [0.1, 0.15) is 35.2 Å². The van der Waals surface area contributed by atoms with Gasteiger partial charge in [0.25, 0.3) is 11.8 Å². The number of benzene rings is 2. The molecule has 0 aliphatic carbocycles. The first-order chi connectivity index (χ1) is 13.1. The lowest BCUT2D eigenvalue weighted by Gasteiger charge is -2.27. The third kappa shape index (κ3) is 3.83. The number of fused-ring (bicyclic) bond motifs is 1. The topological polar surface area (TPSA) is 58.6 Å². The van der Waals surface area contributed by atoms with Crippen molar-refractivity contribution >= 4 is 35.2 Å². The number of carbonyl (C=O) groups is 2. The van der Waals surface area contributed by atoms with Crippen molar-refractivity contribution in [3.8, 4) is 5.75 Å². The Bertz CT molecular complexity index is 916. The van der Waals surface area contributed by atoms with Gasteiger partial charge in [-0.1, -0.05) is 23.7 Å². The number of ether oxygens (including phenoxy) is 1. The van der Waals surface area contributed by atoms with Gasteiger partial charge in [0.2, 0.25) is 0 Å². The number of nitrogens with zero attached hydrogens (tertiary/aromatic N) is 1. The zero-order chi connectivity index (χ0) is 18.8. The number of nitrogens with one attached hydrogen (secondary N) is 1. The van der Waals surface area contributed by atoms with Crippen molar-refractivity contribution in [1.82, 2.24) is 4.90 Å². The molecule has 2 aromatic rings. The van der Waals surface area contributed by atoms with Gasteiger partial charge in [-0.15, -0.1) is 0 Å². The van der Waals surface area contributed by atoms with Gasteiger partial charge in [-0.3, -0.25) is 9.59 Å². The highest BCUT2D eigenvalue weighted by Gasteiger charge is 2.25. The van der Waals surface area contributed by atoms with E-state index in [1.54, 1.807) is 36.4 Å². The highest BCUT2D eigenvalue weighted by Crippen LogP contribution is 2.33. The molecule has 0 aromatic heterocycles. The van der Waals surface area contributed by atoms with Crippen LogP contribution in [0.5, 0.6) is 5.75 Å². The summed E-state index contributed by atoms with van der Waals surface area (Å²) < 4.78 is 5.75. The number of likely N-dealkylation sites (tertiary alicyclic amines) is 1. The van der Waals surface area contributed by atoms with E-state index in [0.717, 1.165) is 31.5 Å². The molecule has 0 atom stereocenters. The lowest BCUT2D eigenvalue weighted by Crippen LogP contribution is -2.35. The van der Waals surface area contributed by atoms with Crippen LogP contribution in [0, 0.1) is 0 Å². The van der Waals surface area contributed by atoms with Crippen LogP contribution in [0.15, 0.2) is 48.2 Å². The summed E-state index contributed by atoms with van der Waals surface area (Å²) in [5, 5.41) is 3.44. The predicted octanol–water partition coefficient (Wildman–Crippen LogP) is 4.34. The normalized spacial score (nSPS) is 17.9. The maximum atomic E-state index is 12.7. The van der Waals surface area contributed by atoms with Crippen molar-refractivity contribution in [2.45, 2.75) is 19.3 Å². The first-order valence-electron chi connectivity index (χ1n) is 9.00. The van der Waals surface area contributed by atoms with Gasteiger partial charge in [0.15, 0.2) is 11.5 Å². The molecule has 0 saturated carbocycles. The highest BCUT2D eigenvalue weighted by atomic mass is 35.5. The second-order valence-electron chi connectivity index (χ2n) is 6.68. The second-order valence-corrected chi connectivity index (χ2v) is 7.12. The number of carbonyl (C=O) groups excluding carboxylic acids is 2. The Morgan fingerprint density at radius 2 is 1.81 bits per heavy atom.